The molecule has 4 heteroatoms. The van der Waals surface area contributed by atoms with Crippen LogP contribution in [0.4, 0.5) is 0 Å². The highest BCUT2D eigenvalue weighted by Gasteiger charge is 2.27. The molecule has 4 nitrogen and oxygen atoms in total. The first-order valence-corrected chi connectivity index (χ1v) is 7.46. The molecule has 2 aliphatic rings. The van der Waals surface area contributed by atoms with Gasteiger partial charge in [-0.25, -0.2) is 0 Å². The third kappa shape index (κ3) is 2.84. The molecule has 0 bridgehead atoms. The number of benzene rings is 1. The molecular weight excluding hydrogens is 266 g/mol. The number of hydrogen-bond donors (Lipinski definition) is 1. The Morgan fingerprint density at radius 1 is 1.19 bits per heavy atom. The normalized spacial score (nSPS) is 18.4. The molecule has 0 aromatic heterocycles. The number of likely N-dealkylation sites (tertiary alicyclic amines) is 1. The summed E-state index contributed by atoms with van der Waals surface area (Å²) >= 11 is 0. The summed E-state index contributed by atoms with van der Waals surface area (Å²) in [5, 5.41) is 9.00. The Morgan fingerprint density at radius 3 is 2.67 bits per heavy atom. The van der Waals surface area contributed by atoms with Gasteiger partial charge >= 0.3 is 5.97 Å². The van der Waals surface area contributed by atoms with Gasteiger partial charge in [0.1, 0.15) is 0 Å². The Morgan fingerprint density at radius 2 is 1.95 bits per heavy atom. The molecule has 0 atom stereocenters. The first kappa shape index (κ1) is 13.9. The van der Waals surface area contributed by atoms with Gasteiger partial charge in [0.2, 0.25) is 0 Å². The first-order chi connectivity index (χ1) is 10.1. The molecule has 3 rings (SSSR count). The van der Waals surface area contributed by atoms with Crippen molar-refractivity contribution >= 4 is 18.0 Å². The lowest BCUT2D eigenvalue weighted by molar-refractivity contribution is -0.143. The van der Waals surface area contributed by atoms with Gasteiger partial charge in [-0.3, -0.25) is 9.59 Å². The van der Waals surface area contributed by atoms with Gasteiger partial charge in [-0.1, -0.05) is 18.2 Å². The van der Waals surface area contributed by atoms with E-state index in [1.54, 1.807) is 4.90 Å². The Hall–Kier alpha value is -2.10. The summed E-state index contributed by atoms with van der Waals surface area (Å²) in [5.74, 6) is -1.03. The van der Waals surface area contributed by atoms with Crippen molar-refractivity contribution in [3.63, 3.8) is 0 Å². The number of nitrogens with zero attached hydrogens (tertiary/aromatic N) is 1. The van der Waals surface area contributed by atoms with E-state index < -0.39 is 5.97 Å². The van der Waals surface area contributed by atoms with Crippen molar-refractivity contribution in [1.82, 2.24) is 4.90 Å². The largest absolute Gasteiger partial charge is 0.481 e. The lowest BCUT2D eigenvalue weighted by atomic mass is 9.94. The molecule has 0 saturated carbocycles. The molecule has 1 N–H and O–H groups in total. The monoisotopic (exact) mass is 285 g/mol. The fourth-order valence-electron chi connectivity index (χ4n) is 3.08. The number of carboxylic acids is 1. The van der Waals surface area contributed by atoms with Gasteiger partial charge in [-0.05, 0) is 48.9 Å². The number of hydrogen-bond acceptors (Lipinski definition) is 2. The predicted molar refractivity (Wildman–Crippen MR) is 80.1 cm³/mol. The zero-order valence-electron chi connectivity index (χ0n) is 11.9. The van der Waals surface area contributed by atoms with Gasteiger partial charge < -0.3 is 10.0 Å². The standard InChI is InChI=1S/C17H19NO3/c19-16(18-9-7-13(8-10-18)17(20)21)15-6-5-12-3-1-2-4-14(12)11-15/h1,3,5-6,11,13H,2,4,7-10H2,(H,20,21). The minimum atomic E-state index is -0.748. The van der Waals surface area contributed by atoms with E-state index in [4.69, 9.17) is 5.11 Å². The Kier molecular flexibility index (Phi) is 3.78. The molecule has 0 spiro atoms. The van der Waals surface area contributed by atoms with Crippen LogP contribution in [0.3, 0.4) is 0 Å². The van der Waals surface area contributed by atoms with Crippen LogP contribution >= 0.6 is 0 Å². The Labute approximate surface area is 124 Å². The van der Waals surface area contributed by atoms with Gasteiger partial charge in [0, 0.05) is 18.7 Å². The highest BCUT2D eigenvalue weighted by atomic mass is 16.4. The third-order valence-corrected chi connectivity index (χ3v) is 4.40. The highest BCUT2D eigenvalue weighted by Crippen LogP contribution is 2.23. The molecule has 1 aliphatic heterocycles. The van der Waals surface area contributed by atoms with Crippen molar-refractivity contribution in [1.29, 1.82) is 0 Å². The lowest BCUT2D eigenvalue weighted by Gasteiger charge is -2.30. The molecule has 1 aromatic carbocycles. The average Bonchev–Trinajstić information content (AvgIpc) is 2.54. The van der Waals surface area contributed by atoms with Crippen LogP contribution in [0.2, 0.25) is 0 Å². The molecule has 0 radical (unpaired) electrons. The molecule has 1 aromatic rings. The zero-order valence-corrected chi connectivity index (χ0v) is 11.9. The van der Waals surface area contributed by atoms with Crippen molar-refractivity contribution < 1.29 is 14.7 Å². The third-order valence-electron chi connectivity index (χ3n) is 4.40. The number of amides is 1. The summed E-state index contributed by atoms with van der Waals surface area (Å²) in [7, 11) is 0. The van der Waals surface area contributed by atoms with E-state index in [1.807, 2.05) is 18.2 Å². The second-order valence-corrected chi connectivity index (χ2v) is 5.76. The summed E-state index contributed by atoms with van der Waals surface area (Å²) in [6, 6.07) is 5.87. The quantitative estimate of drug-likeness (QED) is 0.908. The predicted octanol–water partition coefficient (Wildman–Crippen LogP) is 2.58. The van der Waals surface area contributed by atoms with Crippen molar-refractivity contribution in [2.75, 3.05) is 13.1 Å². The maximum atomic E-state index is 12.5. The second kappa shape index (κ2) is 5.72. The number of rotatable bonds is 2. The van der Waals surface area contributed by atoms with Crippen LogP contribution in [-0.2, 0) is 11.2 Å². The van der Waals surface area contributed by atoms with Crippen molar-refractivity contribution in [2.45, 2.75) is 25.7 Å². The number of carbonyl (C=O) groups is 2. The molecule has 1 aliphatic carbocycles. The molecule has 1 saturated heterocycles. The van der Waals surface area contributed by atoms with Gasteiger partial charge in [-0.15, -0.1) is 0 Å². The van der Waals surface area contributed by atoms with Crippen molar-refractivity contribution in [3.05, 3.63) is 41.0 Å². The van der Waals surface area contributed by atoms with Gasteiger partial charge in [0.25, 0.3) is 5.91 Å². The summed E-state index contributed by atoms with van der Waals surface area (Å²) in [4.78, 5) is 25.3. The highest BCUT2D eigenvalue weighted by molar-refractivity contribution is 5.95. The second-order valence-electron chi connectivity index (χ2n) is 5.76. The molecule has 1 heterocycles. The first-order valence-electron chi connectivity index (χ1n) is 7.46. The Balaban J connectivity index is 1.71. The van der Waals surface area contributed by atoms with Crippen LogP contribution in [0.1, 0.15) is 40.7 Å². The van der Waals surface area contributed by atoms with Crippen LogP contribution < -0.4 is 0 Å². The van der Waals surface area contributed by atoms with E-state index in [9.17, 15) is 9.59 Å². The van der Waals surface area contributed by atoms with E-state index in [1.165, 1.54) is 11.1 Å². The number of piperidine rings is 1. The molecule has 1 amide bonds. The molecular formula is C17H19NO3. The van der Waals surface area contributed by atoms with Gasteiger partial charge in [0.15, 0.2) is 0 Å². The van der Waals surface area contributed by atoms with Crippen LogP contribution in [0, 0.1) is 5.92 Å². The average molecular weight is 285 g/mol. The SMILES string of the molecule is O=C(O)C1CCN(C(=O)c2ccc3c(c2)CCC=C3)CC1. The minimum absolute atomic E-state index is 0.0243. The maximum Gasteiger partial charge on any atom is 0.306 e. The van der Waals surface area contributed by atoms with Gasteiger partial charge in [-0.2, -0.15) is 0 Å². The van der Waals surface area contributed by atoms with Crippen LogP contribution in [0.5, 0.6) is 0 Å². The number of aryl methyl sites for hydroxylation is 1. The molecule has 21 heavy (non-hydrogen) atoms. The molecule has 0 unspecified atom stereocenters. The number of aliphatic carboxylic acids is 1. The summed E-state index contributed by atoms with van der Waals surface area (Å²) in [5.41, 5.74) is 3.14. The number of carbonyl (C=O) groups excluding carboxylic acids is 1. The van der Waals surface area contributed by atoms with Crippen molar-refractivity contribution in [3.8, 4) is 0 Å². The van der Waals surface area contributed by atoms with Crippen LogP contribution in [0.25, 0.3) is 6.08 Å². The van der Waals surface area contributed by atoms with E-state index in [0.29, 0.717) is 25.9 Å². The molecule has 1 fully saturated rings. The summed E-state index contributed by atoms with van der Waals surface area (Å²) < 4.78 is 0. The maximum absolute atomic E-state index is 12.5. The zero-order chi connectivity index (χ0) is 14.8. The van der Waals surface area contributed by atoms with Crippen LogP contribution in [0.15, 0.2) is 24.3 Å². The fraction of sp³-hybridized carbons (Fsp3) is 0.412. The van der Waals surface area contributed by atoms with Crippen LogP contribution in [-0.4, -0.2) is 35.0 Å². The Bertz CT molecular complexity index is 598. The lowest BCUT2D eigenvalue weighted by Crippen LogP contribution is -2.40. The number of fused-ring (bicyclic) bond motifs is 1. The van der Waals surface area contributed by atoms with E-state index in [2.05, 4.69) is 12.2 Å². The topological polar surface area (TPSA) is 57.6 Å². The fourth-order valence-corrected chi connectivity index (χ4v) is 3.08. The van der Waals surface area contributed by atoms with E-state index in [-0.39, 0.29) is 11.8 Å². The molecule has 110 valence electrons. The van der Waals surface area contributed by atoms with Gasteiger partial charge in [0.05, 0.1) is 5.92 Å². The van der Waals surface area contributed by atoms with Crippen molar-refractivity contribution in [2.24, 2.45) is 5.92 Å². The summed E-state index contributed by atoms with van der Waals surface area (Å²) in [6.45, 7) is 1.07. The van der Waals surface area contributed by atoms with E-state index in [0.717, 1.165) is 18.4 Å². The summed E-state index contributed by atoms with van der Waals surface area (Å²) in [6.07, 6.45) is 7.36. The number of allylic oxidation sites excluding steroid dienone is 1. The minimum Gasteiger partial charge on any atom is -0.481 e. The number of carboxylic acid groups (broad SMARTS) is 1. The smallest absolute Gasteiger partial charge is 0.306 e. The van der Waals surface area contributed by atoms with E-state index >= 15 is 0 Å².